The number of aromatic nitrogens is 2. The van der Waals surface area contributed by atoms with Gasteiger partial charge >= 0.3 is 0 Å². The summed E-state index contributed by atoms with van der Waals surface area (Å²) in [6.07, 6.45) is 0. The SMILES string of the molecule is CCNC(=NCc1cccc(C)c1)NCc1c(C)nn(C)c1C. The van der Waals surface area contributed by atoms with Gasteiger partial charge in [0.2, 0.25) is 0 Å². The number of benzene rings is 1. The average molecular weight is 313 g/mol. The van der Waals surface area contributed by atoms with Crippen molar-refractivity contribution in [2.45, 2.75) is 40.8 Å². The molecule has 2 rings (SSSR count). The number of aryl methyl sites for hydroxylation is 3. The zero-order chi connectivity index (χ0) is 16.8. The van der Waals surface area contributed by atoms with Crippen LogP contribution in [0.3, 0.4) is 0 Å². The molecule has 0 aliphatic rings. The molecule has 0 aliphatic heterocycles. The molecule has 0 spiro atoms. The minimum absolute atomic E-state index is 0.669. The molecule has 2 aromatic rings. The number of nitrogens with one attached hydrogen (secondary N) is 2. The van der Waals surface area contributed by atoms with Crippen molar-refractivity contribution in [1.29, 1.82) is 0 Å². The number of rotatable bonds is 5. The van der Waals surface area contributed by atoms with Crippen LogP contribution in [-0.2, 0) is 20.1 Å². The highest BCUT2D eigenvalue weighted by molar-refractivity contribution is 5.79. The Balaban J connectivity index is 2.04. The van der Waals surface area contributed by atoms with Crippen LogP contribution in [-0.4, -0.2) is 22.3 Å². The van der Waals surface area contributed by atoms with Crippen molar-refractivity contribution in [2.24, 2.45) is 12.0 Å². The van der Waals surface area contributed by atoms with Crippen molar-refractivity contribution < 1.29 is 0 Å². The van der Waals surface area contributed by atoms with Crippen molar-refractivity contribution in [3.8, 4) is 0 Å². The molecule has 23 heavy (non-hydrogen) atoms. The fourth-order valence-corrected chi connectivity index (χ4v) is 2.57. The Labute approximate surface area is 138 Å². The molecular formula is C18H27N5. The molecular weight excluding hydrogens is 286 g/mol. The molecule has 0 atom stereocenters. The molecule has 0 saturated carbocycles. The van der Waals surface area contributed by atoms with Crippen molar-refractivity contribution in [3.05, 3.63) is 52.3 Å². The Bertz CT molecular complexity index is 685. The monoisotopic (exact) mass is 313 g/mol. The second-order valence-electron chi connectivity index (χ2n) is 5.81. The van der Waals surface area contributed by atoms with Gasteiger partial charge in [0, 0.05) is 31.4 Å². The Kier molecular flexibility index (Phi) is 5.79. The van der Waals surface area contributed by atoms with Crippen molar-refractivity contribution in [3.63, 3.8) is 0 Å². The maximum atomic E-state index is 4.67. The zero-order valence-electron chi connectivity index (χ0n) is 14.8. The molecule has 0 fully saturated rings. The summed E-state index contributed by atoms with van der Waals surface area (Å²) >= 11 is 0. The van der Waals surface area contributed by atoms with E-state index in [2.05, 4.69) is 65.8 Å². The van der Waals surface area contributed by atoms with Gasteiger partial charge in [0.1, 0.15) is 0 Å². The molecule has 124 valence electrons. The Hall–Kier alpha value is -2.30. The van der Waals surface area contributed by atoms with Gasteiger partial charge < -0.3 is 10.6 Å². The van der Waals surface area contributed by atoms with E-state index >= 15 is 0 Å². The van der Waals surface area contributed by atoms with Crippen LogP contribution in [0.5, 0.6) is 0 Å². The van der Waals surface area contributed by atoms with Gasteiger partial charge in [-0.3, -0.25) is 4.68 Å². The lowest BCUT2D eigenvalue weighted by molar-refractivity contribution is 0.728. The largest absolute Gasteiger partial charge is 0.357 e. The fraction of sp³-hybridized carbons (Fsp3) is 0.444. The van der Waals surface area contributed by atoms with Crippen LogP contribution < -0.4 is 10.6 Å². The van der Waals surface area contributed by atoms with E-state index in [1.54, 1.807) is 0 Å². The fourth-order valence-electron chi connectivity index (χ4n) is 2.57. The van der Waals surface area contributed by atoms with Crippen LogP contribution in [0.1, 0.15) is 35.0 Å². The first-order chi connectivity index (χ1) is 11.0. The Morgan fingerprint density at radius 3 is 2.61 bits per heavy atom. The summed E-state index contributed by atoms with van der Waals surface area (Å²) in [5.74, 6) is 0.830. The van der Waals surface area contributed by atoms with Gasteiger partial charge in [0.05, 0.1) is 12.2 Å². The van der Waals surface area contributed by atoms with Gasteiger partial charge in [-0.1, -0.05) is 29.8 Å². The maximum Gasteiger partial charge on any atom is 0.191 e. The molecule has 0 unspecified atom stereocenters. The highest BCUT2D eigenvalue weighted by Crippen LogP contribution is 2.11. The van der Waals surface area contributed by atoms with E-state index in [0.29, 0.717) is 6.54 Å². The van der Waals surface area contributed by atoms with Crippen molar-refractivity contribution in [2.75, 3.05) is 6.54 Å². The summed E-state index contributed by atoms with van der Waals surface area (Å²) in [7, 11) is 1.98. The van der Waals surface area contributed by atoms with E-state index in [1.807, 2.05) is 18.7 Å². The van der Waals surface area contributed by atoms with Gasteiger partial charge in [0.15, 0.2) is 5.96 Å². The lowest BCUT2D eigenvalue weighted by atomic mass is 10.1. The summed E-state index contributed by atoms with van der Waals surface area (Å²) in [6, 6.07) is 8.45. The molecule has 0 amide bonds. The van der Waals surface area contributed by atoms with E-state index in [-0.39, 0.29) is 0 Å². The van der Waals surface area contributed by atoms with Crippen molar-refractivity contribution >= 4 is 5.96 Å². The van der Waals surface area contributed by atoms with Gasteiger partial charge in [-0.15, -0.1) is 0 Å². The first kappa shape index (κ1) is 17.1. The van der Waals surface area contributed by atoms with Gasteiger partial charge in [-0.25, -0.2) is 4.99 Å². The summed E-state index contributed by atoms with van der Waals surface area (Å²) < 4.78 is 1.92. The highest BCUT2D eigenvalue weighted by atomic mass is 15.3. The molecule has 5 heteroatoms. The van der Waals surface area contributed by atoms with Crippen LogP contribution in [0.4, 0.5) is 0 Å². The standard InChI is InChI=1S/C18H27N5/c1-6-19-18(20-11-16-9-7-8-13(2)10-16)21-12-17-14(3)22-23(5)15(17)4/h7-10H,6,11-12H2,1-5H3,(H2,19,20,21). The molecule has 0 aliphatic carbocycles. The van der Waals surface area contributed by atoms with E-state index in [4.69, 9.17) is 0 Å². The molecule has 5 nitrogen and oxygen atoms in total. The maximum absolute atomic E-state index is 4.67. The van der Waals surface area contributed by atoms with Gasteiger partial charge in [-0.05, 0) is 33.3 Å². The smallest absolute Gasteiger partial charge is 0.191 e. The first-order valence-corrected chi connectivity index (χ1v) is 8.08. The zero-order valence-corrected chi connectivity index (χ0v) is 14.8. The van der Waals surface area contributed by atoms with Crippen molar-refractivity contribution in [1.82, 2.24) is 20.4 Å². The normalized spacial score (nSPS) is 11.6. The number of nitrogens with zero attached hydrogens (tertiary/aromatic N) is 3. The molecule has 1 aromatic heterocycles. The second-order valence-corrected chi connectivity index (χ2v) is 5.81. The number of aliphatic imine (C=N–C) groups is 1. The van der Waals surface area contributed by atoms with E-state index in [9.17, 15) is 0 Å². The van der Waals surface area contributed by atoms with E-state index in [0.717, 1.165) is 24.7 Å². The number of guanidine groups is 1. The quantitative estimate of drug-likeness (QED) is 0.659. The summed E-state index contributed by atoms with van der Waals surface area (Å²) in [6.45, 7) is 10.5. The van der Waals surface area contributed by atoms with Gasteiger partial charge in [-0.2, -0.15) is 5.10 Å². The summed E-state index contributed by atoms with van der Waals surface area (Å²) in [4.78, 5) is 4.67. The average Bonchev–Trinajstić information content (AvgIpc) is 2.75. The topological polar surface area (TPSA) is 54.2 Å². The molecule has 0 radical (unpaired) electrons. The third kappa shape index (κ3) is 4.58. The second kappa shape index (κ2) is 7.81. The predicted molar refractivity (Wildman–Crippen MR) is 95.5 cm³/mol. The summed E-state index contributed by atoms with van der Waals surface area (Å²) in [5.41, 5.74) is 5.96. The minimum atomic E-state index is 0.669. The third-order valence-corrected chi connectivity index (χ3v) is 3.94. The molecule has 1 aromatic carbocycles. The Morgan fingerprint density at radius 1 is 1.22 bits per heavy atom. The summed E-state index contributed by atoms with van der Waals surface area (Å²) in [5, 5.41) is 11.2. The lowest BCUT2D eigenvalue weighted by Gasteiger charge is -2.12. The third-order valence-electron chi connectivity index (χ3n) is 3.94. The van der Waals surface area contributed by atoms with Crippen LogP contribution in [0.2, 0.25) is 0 Å². The number of hydrogen-bond donors (Lipinski definition) is 2. The Morgan fingerprint density at radius 2 is 2.00 bits per heavy atom. The van der Waals surface area contributed by atoms with E-state index in [1.165, 1.54) is 22.4 Å². The molecule has 0 bridgehead atoms. The van der Waals surface area contributed by atoms with E-state index < -0.39 is 0 Å². The van der Waals surface area contributed by atoms with Crippen LogP contribution >= 0.6 is 0 Å². The van der Waals surface area contributed by atoms with Crippen LogP contribution in [0.15, 0.2) is 29.3 Å². The molecule has 2 N–H and O–H groups in total. The van der Waals surface area contributed by atoms with Gasteiger partial charge in [0.25, 0.3) is 0 Å². The molecule has 0 saturated heterocycles. The minimum Gasteiger partial charge on any atom is -0.357 e. The number of hydrogen-bond acceptors (Lipinski definition) is 2. The van der Waals surface area contributed by atoms with Crippen LogP contribution in [0.25, 0.3) is 0 Å². The predicted octanol–water partition coefficient (Wildman–Crippen LogP) is 2.60. The first-order valence-electron chi connectivity index (χ1n) is 8.08. The molecule has 1 heterocycles. The lowest BCUT2D eigenvalue weighted by Crippen LogP contribution is -2.37. The van der Waals surface area contributed by atoms with Crippen LogP contribution in [0, 0.1) is 20.8 Å². The highest BCUT2D eigenvalue weighted by Gasteiger charge is 2.09.